The summed E-state index contributed by atoms with van der Waals surface area (Å²) < 4.78 is 5.26. The van der Waals surface area contributed by atoms with Gasteiger partial charge in [-0.2, -0.15) is 0 Å². The lowest BCUT2D eigenvalue weighted by Crippen LogP contribution is -2.38. The number of ether oxygens (including phenoxy) is 1. The van der Waals surface area contributed by atoms with E-state index in [0.29, 0.717) is 13.2 Å². The normalized spacial score (nSPS) is 26.0. The van der Waals surface area contributed by atoms with Crippen molar-refractivity contribution in [3.63, 3.8) is 0 Å². The van der Waals surface area contributed by atoms with Crippen molar-refractivity contribution in [3.05, 3.63) is 0 Å². The predicted octanol–water partition coefficient (Wildman–Crippen LogP) is 0.699. The van der Waals surface area contributed by atoms with Crippen molar-refractivity contribution in [2.24, 2.45) is 0 Å². The molecule has 0 aromatic carbocycles. The van der Waals surface area contributed by atoms with E-state index in [0.717, 1.165) is 32.5 Å². The fourth-order valence-corrected chi connectivity index (χ4v) is 2.33. The average Bonchev–Trinajstić information content (AvgIpc) is 2.89. The zero-order chi connectivity index (χ0) is 11.9. The van der Waals surface area contributed by atoms with Gasteiger partial charge in [0.15, 0.2) is 0 Å². The molecule has 0 aromatic rings. The van der Waals surface area contributed by atoms with E-state index in [1.807, 2.05) is 0 Å². The number of hydroxylamine groups is 1. The fourth-order valence-electron chi connectivity index (χ4n) is 2.33. The van der Waals surface area contributed by atoms with Crippen LogP contribution in [0.2, 0.25) is 0 Å². The first-order chi connectivity index (χ1) is 8.36. The molecule has 5 nitrogen and oxygen atoms in total. The van der Waals surface area contributed by atoms with Gasteiger partial charge in [-0.1, -0.05) is 6.42 Å². The van der Waals surface area contributed by atoms with Gasteiger partial charge in [0, 0.05) is 13.2 Å². The zero-order valence-corrected chi connectivity index (χ0v) is 10.3. The van der Waals surface area contributed by atoms with Gasteiger partial charge in [0.2, 0.25) is 0 Å². The molecule has 1 unspecified atom stereocenters. The fraction of sp³-hybridized carbons (Fsp3) is 0.917. The molecule has 0 bridgehead atoms. The Morgan fingerprint density at radius 2 is 2.12 bits per heavy atom. The Morgan fingerprint density at radius 3 is 2.82 bits per heavy atom. The molecule has 2 aliphatic rings. The molecule has 1 N–H and O–H groups in total. The number of nitrogens with one attached hydrogen (secondary N) is 1. The third-order valence-corrected chi connectivity index (χ3v) is 3.35. The van der Waals surface area contributed by atoms with E-state index in [1.54, 1.807) is 0 Å². The van der Waals surface area contributed by atoms with Crippen molar-refractivity contribution >= 4 is 5.91 Å². The second kappa shape index (κ2) is 6.93. The van der Waals surface area contributed by atoms with Crippen LogP contribution < -0.4 is 5.48 Å². The SMILES string of the molecule is O=C(NOCCN1CCCCC1)C1CCCO1. The van der Waals surface area contributed by atoms with E-state index < -0.39 is 0 Å². The molecule has 0 saturated carbocycles. The minimum Gasteiger partial charge on any atom is -0.368 e. The molecule has 0 aromatic heterocycles. The molecule has 2 rings (SSSR count). The van der Waals surface area contributed by atoms with Crippen LogP contribution in [0.25, 0.3) is 0 Å². The highest BCUT2D eigenvalue weighted by Crippen LogP contribution is 2.11. The summed E-state index contributed by atoms with van der Waals surface area (Å²) in [6.07, 6.45) is 5.37. The van der Waals surface area contributed by atoms with Crippen LogP contribution in [0.15, 0.2) is 0 Å². The van der Waals surface area contributed by atoms with Crippen molar-refractivity contribution < 1.29 is 14.4 Å². The molecular formula is C12H22N2O3. The van der Waals surface area contributed by atoms with Gasteiger partial charge in [-0.25, -0.2) is 5.48 Å². The number of hydrogen-bond acceptors (Lipinski definition) is 4. The number of amides is 1. The van der Waals surface area contributed by atoms with E-state index in [2.05, 4.69) is 10.4 Å². The highest BCUT2D eigenvalue weighted by molar-refractivity contribution is 5.79. The highest BCUT2D eigenvalue weighted by Gasteiger charge is 2.23. The first kappa shape index (κ1) is 12.8. The highest BCUT2D eigenvalue weighted by atomic mass is 16.7. The van der Waals surface area contributed by atoms with E-state index in [4.69, 9.17) is 9.57 Å². The summed E-state index contributed by atoms with van der Waals surface area (Å²) in [4.78, 5) is 19.1. The minimum atomic E-state index is -0.301. The summed E-state index contributed by atoms with van der Waals surface area (Å²) in [5.74, 6) is -0.138. The predicted molar refractivity (Wildman–Crippen MR) is 63.4 cm³/mol. The smallest absolute Gasteiger partial charge is 0.272 e. The lowest BCUT2D eigenvalue weighted by atomic mass is 10.1. The molecule has 0 radical (unpaired) electrons. The van der Waals surface area contributed by atoms with Gasteiger partial charge in [-0.05, 0) is 38.8 Å². The molecule has 0 aliphatic carbocycles. The van der Waals surface area contributed by atoms with Crippen molar-refractivity contribution in [1.29, 1.82) is 0 Å². The molecule has 5 heteroatoms. The van der Waals surface area contributed by atoms with E-state index in [9.17, 15) is 4.79 Å². The number of nitrogens with zero attached hydrogens (tertiary/aromatic N) is 1. The summed E-state index contributed by atoms with van der Waals surface area (Å²) >= 11 is 0. The second-order valence-corrected chi connectivity index (χ2v) is 4.72. The molecular weight excluding hydrogens is 220 g/mol. The molecule has 1 amide bonds. The zero-order valence-electron chi connectivity index (χ0n) is 10.3. The van der Waals surface area contributed by atoms with Crippen molar-refractivity contribution in [3.8, 4) is 0 Å². The van der Waals surface area contributed by atoms with Crippen LogP contribution in [0.1, 0.15) is 32.1 Å². The number of carbonyl (C=O) groups is 1. The van der Waals surface area contributed by atoms with Crippen LogP contribution in [0.3, 0.4) is 0 Å². The maximum atomic E-state index is 11.5. The van der Waals surface area contributed by atoms with Crippen LogP contribution >= 0.6 is 0 Å². The number of hydrogen-bond donors (Lipinski definition) is 1. The molecule has 2 fully saturated rings. The molecule has 2 heterocycles. The third-order valence-electron chi connectivity index (χ3n) is 3.35. The van der Waals surface area contributed by atoms with Crippen molar-refractivity contribution in [1.82, 2.24) is 10.4 Å². The van der Waals surface area contributed by atoms with Crippen LogP contribution in [0, 0.1) is 0 Å². The summed E-state index contributed by atoms with van der Waals surface area (Å²) in [5.41, 5.74) is 2.47. The molecule has 2 saturated heterocycles. The molecule has 1 atom stereocenters. The summed E-state index contributed by atoms with van der Waals surface area (Å²) in [7, 11) is 0. The monoisotopic (exact) mass is 242 g/mol. The van der Waals surface area contributed by atoms with Gasteiger partial charge < -0.3 is 9.64 Å². The first-order valence-corrected chi connectivity index (χ1v) is 6.62. The summed E-state index contributed by atoms with van der Waals surface area (Å²) in [5, 5.41) is 0. The van der Waals surface area contributed by atoms with Gasteiger partial charge >= 0.3 is 0 Å². The average molecular weight is 242 g/mol. The third kappa shape index (κ3) is 4.26. The van der Waals surface area contributed by atoms with Gasteiger partial charge in [0.05, 0.1) is 6.61 Å². The van der Waals surface area contributed by atoms with E-state index in [-0.39, 0.29) is 12.0 Å². The van der Waals surface area contributed by atoms with E-state index >= 15 is 0 Å². The Labute approximate surface area is 102 Å². The van der Waals surface area contributed by atoms with Gasteiger partial charge in [0.25, 0.3) is 5.91 Å². The molecule has 2 aliphatic heterocycles. The summed E-state index contributed by atoms with van der Waals surface area (Å²) in [6, 6.07) is 0. The lowest BCUT2D eigenvalue weighted by Gasteiger charge is -2.26. The Morgan fingerprint density at radius 1 is 1.29 bits per heavy atom. The Bertz CT molecular complexity index is 236. The van der Waals surface area contributed by atoms with E-state index in [1.165, 1.54) is 19.3 Å². The van der Waals surface area contributed by atoms with Crippen LogP contribution in [0.5, 0.6) is 0 Å². The Hall–Kier alpha value is -0.650. The summed E-state index contributed by atoms with van der Waals surface area (Å²) in [6.45, 7) is 4.45. The van der Waals surface area contributed by atoms with Gasteiger partial charge in [-0.3, -0.25) is 9.63 Å². The molecule has 98 valence electrons. The first-order valence-electron chi connectivity index (χ1n) is 6.62. The van der Waals surface area contributed by atoms with Gasteiger partial charge in [0.1, 0.15) is 6.10 Å². The maximum Gasteiger partial charge on any atom is 0.272 e. The Balaban J connectivity index is 1.51. The number of carbonyl (C=O) groups excluding carboxylic acids is 1. The largest absolute Gasteiger partial charge is 0.368 e. The second-order valence-electron chi connectivity index (χ2n) is 4.72. The quantitative estimate of drug-likeness (QED) is 0.569. The van der Waals surface area contributed by atoms with Crippen molar-refractivity contribution in [2.45, 2.75) is 38.2 Å². The number of likely N-dealkylation sites (tertiary alicyclic amines) is 1. The van der Waals surface area contributed by atoms with Crippen LogP contribution in [-0.2, 0) is 14.4 Å². The van der Waals surface area contributed by atoms with Gasteiger partial charge in [-0.15, -0.1) is 0 Å². The van der Waals surface area contributed by atoms with Crippen LogP contribution in [0.4, 0.5) is 0 Å². The number of rotatable bonds is 5. The van der Waals surface area contributed by atoms with Crippen LogP contribution in [-0.4, -0.2) is 49.8 Å². The maximum absolute atomic E-state index is 11.5. The minimum absolute atomic E-state index is 0.138. The van der Waals surface area contributed by atoms with Crippen molar-refractivity contribution in [2.75, 3.05) is 32.8 Å². The lowest BCUT2D eigenvalue weighted by molar-refractivity contribution is -0.143. The standard InChI is InChI=1S/C12H22N2O3/c15-12(11-5-4-9-16-11)13-17-10-8-14-6-2-1-3-7-14/h11H,1-10H2,(H,13,15). The molecule has 0 spiro atoms. The number of piperidine rings is 1. The molecule has 17 heavy (non-hydrogen) atoms. The Kier molecular flexibility index (Phi) is 5.22. The topological polar surface area (TPSA) is 50.8 Å².